The quantitative estimate of drug-likeness (QED) is 0.209. The first-order valence-corrected chi connectivity index (χ1v) is 12.1. The van der Waals surface area contributed by atoms with E-state index in [1.54, 1.807) is 11.8 Å². The number of nitrogens with zero attached hydrogens (tertiary/aromatic N) is 1. The lowest BCUT2D eigenvalue weighted by Gasteiger charge is -2.02. The molecule has 4 rings (SSSR count). The number of aryl methyl sites for hydroxylation is 1. The lowest BCUT2D eigenvalue weighted by Crippen LogP contribution is -3.00. The number of aromatic nitrogens is 1. The average molecular weight is 576 g/mol. The molecule has 2 heterocycles. The minimum absolute atomic E-state index is 0. The maximum atomic E-state index is 13.2. The van der Waals surface area contributed by atoms with Gasteiger partial charge in [-0.2, -0.15) is 4.57 Å². The topological polar surface area (TPSA) is 47.0 Å². The number of nitrogens with two attached hydrogens (primary N) is 1. The second-order valence-corrected chi connectivity index (χ2v) is 9.98. The summed E-state index contributed by atoms with van der Waals surface area (Å²) in [6.07, 6.45) is 4.89. The SMILES string of the molecule is Nc1c(C(=O)c2ccc(Br)cc2)sc(SCCc2ccccc2)c1-[n+]1ccccc1.[Br-]. The molecule has 7 heteroatoms. The smallest absolute Gasteiger partial charge is 0.259 e. The minimum Gasteiger partial charge on any atom is -1.00 e. The van der Waals surface area contributed by atoms with Gasteiger partial charge in [0.25, 0.3) is 5.69 Å². The number of carbonyl (C=O) groups excluding carboxylic acids is 1. The summed E-state index contributed by atoms with van der Waals surface area (Å²) in [5.74, 6) is 0.869. The Morgan fingerprint density at radius 1 is 0.968 bits per heavy atom. The van der Waals surface area contributed by atoms with E-state index in [0.29, 0.717) is 16.1 Å². The van der Waals surface area contributed by atoms with Gasteiger partial charge in [-0.05, 0) is 36.2 Å². The monoisotopic (exact) mass is 574 g/mol. The van der Waals surface area contributed by atoms with Gasteiger partial charge in [0.15, 0.2) is 12.4 Å². The van der Waals surface area contributed by atoms with Crippen molar-refractivity contribution < 1.29 is 26.3 Å². The highest BCUT2D eigenvalue weighted by molar-refractivity contribution is 9.10. The Morgan fingerprint density at radius 3 is 2.29 bits per heavy atom. The summed E-state index contributed by atoms with van der Waals surface area (Å²) < 4.78 is 3.99. The highest BCUT2D eigenvalue weighted by Crippen LogP contribution is 2.40. The van der Waals surface area contributed by atoms with Gasteiger partial charge in [0, 0.05) is 27.9 Å². The van der Waals surface area contributed by atoms with Gasteiger partial charge in [0.1, 0.15) is 14.8 Å². The number of thiophene rings is 1. The van der Waals surface area contributed by atoms with Crippen molar-refractivity contribution in [1.82, 2.24) is 0 Å². The normalized spacial score (nSPS) is 10.5. The van der Waals surface area contributed by atoms with Crippen LogP contribution in [-0.2, 0) is 6.42 Å². The predicted octanol–water partition coefficient (Wildman–Crippen LogP) is 2.94. The Morgan fingerprint density at radius 2 is 1.61 bits per heavy atom. The average Bonchev–Trinajstić information content (AvgIpc) is 3.11. The Bertz CT molecular complexity index is 1150. The van der Waals surface area contributed by atoms with Gasteiger partial charge in [-0.15, -0.1) is 23.1 Å². The van der Waals surface area contributed by atoms with Crippen molar-refractivity contribution in [1.29, 1.82) is 0 Å². The fraction of sp³-hybridized carbons (Fsp3) is 0.0833. The summed E-state index contributed by atoms with van der Waals surface area (Å²) in [5.41, 5.74) is 9.89. The van der Waals surface area contributed by atoms with E-state index in [4.69, 9.17) is 5.73 Å². The second kappa shape index (κ2) is 11.1. The van der Waals surface area contributed by atoms with Gasteiger partial charge in [0.05, 0.1) is 0 Å². The highest BCUT2D eigenvalue weighted by Gasteiger charge is 2.28. The summed E-state index contributed by atoms with van der Waals surface area (Å²) in [6.45, 7) is 0. The number of nitrogen functional groups attached to an aromatic ring is 1. The van der Waals surface area contributed by atoms with Crippen molar-refractivity contribution >= 4 is 50.5 Å². The molecule has 4 aromatic rings. The van der Waals surface area contributed by atoms with Gasteiger partial charge in [0.2, 0.25) is 5.78 Å². The molecular formula is C24H20Br2N2OS2. The van der Waals surface area contributed by atoms with Crippen molar-refractivity contribution in [2.75, 3.05) is 11.5 Å². The summed E-state index contributed by atoms with van der Waals surface area (Å²) in [5, 5.41) is 0. The van der Waals surface area contributed by atoms with E-state index in [1.165, 1.54) is 16.9 Å². The van der Waals surface area contributed by atoms with Crippen LogP contribution in [0.2, 0.25) is 0 Å². The van der Waals surface area contributed by atoms with Crippen molar-refractivity contribution in [2.45, 2.75) is 10.6 Å². The van der Waals surface area contributed by atoms with Gasteiger partial charge in [-0.25, -0.2) is 0 Å². The Labute approximate surface area is 209 Å². The third kappa shape index (κ3) is 5.66. The van der Waals surface area contributed by atoms with E-state index in [0.717, 1.165) is 26.5 Å². The van der Waals surface area contributed by atoms with E-state index < -0.39 is 0 Å². The molecule has 2 aromatic carbocycles. The Hall–Kier alpha value is -1.93. The van der Waals surface area contributed by atoms with E-state index in [2.05, 4.69) is 40.2 Å². The number of carbonyl (C=O) groups is 1. The fourth-order valence-corrected chi connectivity index (χ4v) is 5.90. The van der Waals surface area contributed by atoms with Gasteiger partial charge in [-0.3, -0.25) is 4.79 Å². The van der Waals surface area contributed by atoms with Gasteiger partial charge < -0.3 is 22.7 Å². The van der Waals surface area contributed by atoms with Crippen LogP contribution in [0.15, 0.2) is 93.9 Å². The Kier molecular flexibility index (Phi) is 8.49. The molecule has 0 aliphatic carbocycles. The van der Waals surface area contributed by atoms with Crippen molar-refractivity contribution in [3.63, 3.8) is 0 Å². The number of rotatable bonds is 7. The van der Waals surface area contributed by atoms with E-state index >= 15 is 0 Å². The van der Waals surface area contributed by atoms with Crippen LogP contribution in [-0.4, -0.2) is 11.5 Å². The van der Waals surface area contributed by atoms with Crippen LogP contribution < -0.4 is 27.3 Å². The molecule has 158 valence electrons. The number of thioether (sulfide) groups is 1. The molecule has 2 N–H and O–H groups in total. The lowest BCUT2D eigenvalue weighted by atomic mass is 10.1. The number of anilines is 1. The first-order valence-electron chi connectivity index (χ1n) is 9.49. The van der Waals surface area contributed by atoms with E-state index in [-0.39, 0.29) is 22.8 Å². The molecular weight excluding hydrogens is 556 g/mol. The molecule has 0 saturated heterocycles. The molecule has 0 spiro atoms. The number of halogens is 2. The number of hydrogen-bond acceptors (Lipinski definition) is 4. The summed E-state index contributed by atoms with van der Waals surface area (Å²) >= 11 is 6.64. The predicted molar refractivity (Wildman–Crippen MR) is 129 cm³/mol. The molecule has 0 unspecified atom stereocenters. The molecule has 0 atom stereocenters. The van der Waals surface area contributed by atoms with Crippen LogP contribution in [0.4, 0.5) is 5.69 Å². The first kappa shape index (κ1) is 23.7. The van der Waals surface area contributed by atoms with Crippen molar-refractivity contribution in [2.24, 2.45) is 0 Å². The maximum absolute atomic E-state index is 13.2. The van der Waals surface area contributed by atoms with Crippen LogP contribution in [0.1, 0.15) is 20.8 Å². The summed E-state index contributed by atoms with van der Waals surface area (Å²) in [7, 11) is 0. The number of ketones is 1. The molecule has 0 fully saturated rings. The zero-order chi connectivity index (χ0) is 20.9. The number of benzene rings is 2. The molecule has 0 amide bonds. The van der Waals surface area contributed by atoms with Crippen LogP contribution in [0.3, 0.4) is 0 Å². The van der Waals surface area contributed by atoms with Crippen LogP contribution in [0.5, 0.6) is 0 Å². The van der Waals surface area contributed by atoms with Crippen molar-refractivity contribution in [3.05, 3.63) is 106 Å². The minimum atomic E-state index is -0.0438. The third-order valence-electron chi connectivity index (χ3n) is 4.64. The molecule has 2 aromatic heterocycles. The molecule has 0 radical (unpaired) electrons. The zero-order valence-electron chi connectivity index (χ0n) is 16.5. The van der Waals surface area contributed by atoms with Crippen LogP contribution in [0.25, 0.3) is 5.69 Å². The first-order chi connectivity index (χ1) is 14.6. The molecule has 0 saturated carbocycles. The third-order valence-corrected chi connectivity index (χ3v) is 7.63. The number of hydrogen-bond donors (Lipinski definition) is 1. The van der Waals surface area contributed by atoms with Crippen molar-refractivity contribution in [3.8, 4) is 5.69 Å². The van der Waals surface area contributed by atoms with Gasteiger partial charge >= 0.3 is 0 Å². The summed E-state index contributed by atoms with van der Waals surface area (Å²) in [6, 6.07) is 23.7. The van der Waals surface area contributed by atoms with E-state index in [9.17, 15) is 4.79 Å². The zero-order valence-corrected chi connectivity index (χ0v) is 21.3. The lowest BCUT2D eigenvalue weighted by molar-refractivity contribution is -0.596. The molecule has 3 nitrogen and oxygen atoms in total. The molecule has 0 aliphatic heterocycles. The summed E-state index contributed by atoms with van der Waals surface area (Å²) in [4.78, 5) is 13.8. The highest BCUT2D eigenvalue weighted by atomic mass is 79.9. The van der Waals surface area contributed by atoms with Crippen LogP contribution in [0, 0.1) is 0 Å². The van der Waals surface area contributed by atoms with Gasteiger partial charge in [-0.1, -0.05) is 52.3 Å². The number of pyridine rings is 1. The maximum Gasteiger partial charge on any atom is 0.259 e. The standard InChI is InChI=1S/C24H19BrN2OS2.BrH/c25-19-11-9-18(10-12-19)22(28)23-20(26)21(27-14-5-2-6-15-27)24(30-23)29-16-13-17-7-3-1-4-8-17;/h1-12,14-15H,13,16H2,(H-,26,28);1H. The molecule has 31 heavy (non-hydrogen) atoms. The largest absolute Gasteiger partial charge is 1.00 e. The Balaban J connectivity index is 0.00000272. The fourth-order valence-electron chi connectivity index (χ4n) is 3.11. The molecule has 0 aliphatic rings. The van der Waals surface area contributed by atoms with Crippen LogP contribution >= 0.6 is 39.0 Å². The van der Waals surface area contributed by atoms with E-state index in [1.807, 2.05) is 65.5 Å². The molecule has 0 bridgehead atoms. The second-order valence-electron chi connectivity index (χ2n) is 6.68.